The summed E-state index contributed by atoms with van der Waals surface area (Å²) in [5, 5.41) is 6.33. The maximum Gasteiger partial charge on any atom is 0.275 e. The average Bonchev–Trinajstić information content (AvgIpc) is 2.62. The second-order valence-electron chi connectivity index (χ2n) is 6.92. The number of hydrogen-bond donors (Lipinski definition) is 3. The van der Waals surface area contributed by atoms with Gasteiger partial charge in [0, 0.05) is 17.3 Å². The maximum atomic E-state index is 12.2. The predicted octanol–water partition coefficient (Wildman–Crippen LogP) is 0.384. The molecule has 1 atom stereocenters. The minimum absolute atomic E-state index is 0.0773. The lowest BCUT2D eigenvalue weighted by atomic mass is 10.1. The minimum Gasteiger partial charge on any atom is -0.360 e. The van der Waals surface area contributed by atoms with Gasteiger partial charge in [-0.1, -0.05) is 24.6 Å². The number of nitrogens with one attached hydrogen (secondary N) is 3. The number of halogens is 1. The van der Waals surface area contributed by atoms with Crippen LogP contribution in [0, 0.1) is 6.92 Å². The van der Waals surface area contributed by atoms with Gasteiger partial charge in [-0.05, 0) is 38.0 Å². The van der Waals surface area contributed by atoms with Crippen LogP contribution in [0.2, 0.25) is 5.02 Å². The van der Waals surface area contributed by atoms with Crippen LogP contribution in [0.15, 0.2) is 18.2 Å². The van der Waals surface area contributed by atoms with Gasteiger partial charge >= 0.3 is 0 Å². The van der Waals surface area contributed by atoms with Crippen molar-refractivity contribution >= 4 is 29.1 Å². The molecule has 1 heterocycles. The molecule has 1 aliphatic heterocycles. The zero-order valence-electron chi connectivity index (χ0n) is 15.9. The molecule has 0 bridgehead atoms. The lowest BCUT2D eigenvalue weighted by molar-refractivity contribution is -0.892. The highest BCUT2D eigenvalue weighted by molar-refractivity contribution is 6.30. The molecule has 1 saturated heterocycles. The van der Waals surface area contributed by atoms with Gasteiger partial charge in [0.2, 0.25) is 5.91 Å². The Bertz CT molecular complexity index is 630. The summed E-state index contributed by atoms with van der Waals surface area (Å²) in [6.45, 7) is 10.4. The molecule has 6 nitrogen and oxygen atoms in total. The number of rotatable bonds is 7. The normalized spacial score (nSPS) is 16.2. The van der Waals surface area contributed by atoms with E-state index in [1.807, 2.05) is 25.1 Å². The van der Waals surface area contributed by atoms with Crippen LogP contribution in [0.1, 0.15) is 25.8 Å². The highest BCUT2D eigenvalue weighted by Gasteiger charge is 2.24. The zero-order chi connectivity index (χ0) is 19.1. The number of anilines is 1. The molecule has 2 rings (SSSR count). The summed E-state index contributed by atoms with van der Waals surface area (Å²) in [7, 11) is 0. The largest absolute Gasteiger partial charge is 0.360 e. The molecular weight excluding hydrogens is 352 g/mol. The summed E-state index contributed by atoms with van der Waals surface area (Å²) >= 11 is 6.12. The summed E-state index contributed by atoms with van der Waals surface area (Å²) in [4.78, 5) is 27.6. The Hall–Kier alpha value is -1.79. The highest BCUT2D eigenvalue weighted by atomic mass is 35.5. The third kappa shape index (κ3) is 5.88. The average molecular weight is 382 g/mol. The molecule has 0 spiro atoms. The minimum atomic E-state index is -0.496. The molecule has 0 aliphatic carbocycles. The number of quaternary nitrogens is 1. The number of carbonyl (C=O) groups is 2. The molecular formula is C19H30ClN4O2+. The third-order valence-corrected chi connectivity index (χ3v) is 4.95. The van der Waals surface area contributed by atoms with Gasteiger partial charge in [-0.3, -0.25) is 9.59 Å². The monoisotopic (exact) mass is 381 g/mol. The van der Waals surface area contributed by atoms with Gasteiger partial charge in [-0.15, -0.1) is 0 Å². The first-order valence-electron chi connectivity index (χ1n) is 9.32. The number of amides is 2. The van der Waals surface area contributed by atoms with E-state index in [9.17, 15) is 9.59 Å². The van der Waals surface area contributed by atoms with Crippen LogP contribution in [0.5, 0.6) is 0 Å². The summed E-state index contributed by atoms with van der Waals surface area (Å²) in [6, 6.07) is 5.45. The van der Waals surface area contributed by atoms with Crippen LogP contribution < -0.4 is 20.4 Å². The molecule has 7 heteroatoms. The van der Waals surface area contributed by atoms with E-state index in [0.717, 1.165) is 37.6 Å². The Morgan fingerprint density at radius 3 is 2.65 bits per heavy atom. The van der Waals surface area contributed by atoms with Crippen molar-refractivity contribution in [2.24, 2.45) is 0 Å². The van der Waals surface area contributed by atoms with Crippen molar-refractivity contribution in [1.29, 1.82) is 0 Å². The quantitative estimate of drug-likeness (QED) is 0.640. The van der Waals surface area contributed by atoms with Gasteiger partial charge in [-0.25, -0.2) is 0 Å². The smallest absolute Gasteiger partial charge is 0.275 e. The number of aryl methyl sites for hydroxylation is 1. The Labute approximate surface area is 160 Å². The fourth-order valence-electron chi connectivity index (χ4n) is 3.15. The predicted molar refractivity (Wildman–Crippen MR) is 105 cm³/mol. The van der Waals surface area contributed by atoms with Crippen molar-refractivity contribution in [2.45, 2.75) is 33.2 Å². The summed E-state index contributed by atoms with van der Waals surface area (Å²) in [5.41, 5.74) is 2.38. The Kier molecular flexibility index (Phi) is 7.72. The SMILES string of the molecule is CCCNC(=O)[C@@H](C)NC(=O)C[NH+]1CCN(c2cc(Cl)ccc2C)CC1. The van der Waals surface area contributed by atoms with E-state index in [4.69, 9.17) is 11.6 Å². The van der Waals surface area contributed by atoms with Gasteiger partial charge in [-0.2, -0.15) is 0 Å². The van der Waals surface area contributed by atoms with Crippen molar-refractivity contribution in [3.05, 3.63) is 28.8 Å². The van der Waals surface area contributed by atoms with E-state index in [1.54, 1.807) is 6.92 Å². The number of benzene rings is 1. The van der Waals surface area contributed by atoms with Crippen molar-refractivity contribution in [2.75, 3.05) is 44.2 Å². The molecule has 1 aliphatic rings. The first-order valence-corrected chi connectivity index (χ1v) is 9.70. The van der Waals surface area contributed by atoms with E-state index >= 15 is 0 Å². The van der Waals surface area contributed by atoms with Gasteiger partial charge in [0.25, 0.3) is 5.91 Å². The maximum absolute atomic E-state index is 12.2. The van der Waals surface area contributed by atoms with Crippen LogP contribution >= 0.6 is 11.6 Å². The summed E-state index contributed by atoms with van der Waals surface area (Å²) < 4.78 is 0. The first-order chi connectivity index (χ1) is 12.4. The molecule has 26 heavy (non-hydrogen) atoms. The number of hydrogen-bond acceptors (Lipinski definition) is 3. The van der Waals surface area contributed by atoms with Crippen molar-refractivity contribution < 1.29 is 14.5 Å². The molecule has 1 aromatic carbocycles. The highest BCUT2D eigenvalue weighted by Crippen LogP contribution is 2.24. The Morgan fingerprint density at radius 2 is 2.00 bits per heavy atom. The van der Waals surface area contributed by atoms with Crippen LogP contribution in [0.4, 0.5) is 5.69 Å². The first kappa shape index (κ1) is 20.5. The Balaban J connectivity index is 1.78. The Morgan fingerprint density at radius 1 is 1.31 bits per heavy atom. The number of carbonyl (C=O) groups excluding carboxylic acids is 2. The van der Waals surface area contributed by atoms with Crippen LogP contribution in [-0.2, 0) is 9.59 Å². The molecule has 0 radical (unpaired) electrons. The second-order valence-corrected chi connectivity index (χ2v) is 7.36. The van der Waals surface area contributed by atoms with E-state index < -0.39 is 6.04 Å². The topological polar surface area (TPSA) is 65.9 Å². The number of nitrogens with zero attached hydrogens (tertiary/aromatic N) is 1. The van der Waals surface area contributed by atoms with Gasteiger partial charge in [0.1, 0.15) is 6.04 Å². The van der Waals surface area contributed by atoms with Gasteiger partial charge < -0.3 is 20.4 Å². The summed E-state index contributed by atoms with van der Waals surface area (Å²) in [5.74, 6) is -0.206. The molecule has 144 valence electrons. The van der Waals surface area contributed by atoms with Crippen molar-refractivity contribution in [1.82, 2.24) is 10.6 Å². The van der Waals surface area contributed by atoms with E-state index in [0.29, 0.717) is 13.1 Å². The standard InChI is InChI=1S/C19H29ClN4O2/c1-4-7-21-19(26)15(3)22-18(25)13-23-8-10-24(11-9-23)17-12-16(20)6-5-14(17)2/h5-6,12,15H,4,7-11,13H2,1-3H3,(H,21,26)(H,22,25)/p+1/t15-/m1/s1. The number of piperazine rings is 1. The van der Waals surface area contributed by atoms with Crippen LogP contribution in [0.25, 0.3) is 0 Å². The van der Waals surface area contributed by atoms with E-state index in [2.05, 4.69) is 22.5 Å². The molecule has 1 aromatic rings. The fourth-order valence-corrected chi connectivity index (χ4v) is 3.32. The summed E-state index contributed by atoms with van der Waals surface area (Å²) in [6.07, 6.45) is 0.882. The van der Waals surface area contributed by atoms with E-state index in [1.165, 1.54) is 16.2 Å². The third-order valence-electron chi connectivity index (χ3n) is 4.71. The molecule has 1 fully saturated rings. The second kappa shape index (κ2) is 9.78. The lowest BCUT2D eigenvalue weighted by Gasteiger charge is -2.34. The molecule has 2 amide bonds. The molecule has 0 saturated carbocycles. The molecule has 0 aromatic heterocycles. The van der Waals surface area contributed by atoms with Crippen molar-refractivity contribution in [3.63, 3.8) is 0 Å². The lowest BCUT2D eigenvalue weighted by Crippen LogP contribution is -3.16. The molecule has 3 N–H and O–H groups in total. The zero-order valence-corrected chi connectivity index (χ0v) is 16.7. The van der Waals surface area contributed by atoms with Crippen molar-refractivity contribution in [3.8, 4) is 0 Å². The van der Waals surface area contributed by atoms with Crippen LogP contribution in [0.3, 0.4) is 0 Å². The fraction of sp³-hybridized carbons (Fsp3) is 0.579. The van der Waals surface area contributed by atoms with E-state index in [-0.39, 0.29) is 11.8 Å². The molecule has 0 unspecified atom stereocenters. The van der Waals surface area contributed by atoms with Gasteiger partial charge in [0.15, 0.2) is 6.54 Å². The van der Waals surface area contributed by atoms with Crippen LogP contribution in [-0.4, -0.2) is 57.1 Å². The van der Waals surface area contributed by atoms with Gasteiger partial charge in [0.05, 0.1) is 26.2 Å².